The first-order valence-corrected chi connectivity index (χ1v) is 9.96. The van der Waals surface area contributed by atoms with Crippen molar-refractivity contribution in [2.75, 3.05) is 42.3 Å². The summed E-state index contributed by atoms with van der Waals surface area (Å²) in [7, 11) is 0. The summed E-state index contributed by atoms with van der Waals surface area (Å²) in [5, 5.41) is 11.0. The number of amides is 1. The van der Waals surface area contributed by atoms with Crippen LogP contribution in [0.2, 0.25) is 5.02 Å². The van der Waals surface area contributed by atoms with E-state index in [-0.39, 0.29) is 16.5 Å². The average Bonchev–Trinajstić information content (AvgIpc) is 3.10. The van der Waals surface area contributed by atoms with E-state index in [1.165, 1.54) is 17.4 Å². The van der Waals surface area contributed by atoms with Crippen LogP contribution in [0, 0.1) is 0 Å². The van der Waals surface area contributed by atoms with Crippen LogP contribution in [-0.4, -0.2) is 48.2 Å². The number of hydrogen-bond acceptors (Lipinski definition) is 7. The van der Waals surface area contributed by atoms with Crippen LogP contribution in [0.25, 0.3) is 0 Å². The quantitative estimate of drug-likeness (QED) is 0.717. The molecule has 0 atom stereocenters. The lowest BCUT2D eigenvalue weighted by Crippen LogP contribution is -2.36. The molecule has 0 radical (unpaired) electrons. The van der Waals surface area contributed by atoms with Crippen molar-refractivity contribution >= 4 is 51.4 Å². The van der Waals surface area contributed by atoms with Gasteiger partial charge in [-0.1, -0.05) is 34.7 Å². The van der Waals surface area contributed by atoms with E-state index in [9.17, 15) is 18.0 Å². The molecule has 2 heterocycles. The fraction of sp³-hybridized carbons (Fsp3) is 0.400. The van der Waals surface area contributed by atoms with Crippen molar-refractivity contribution < 1.29 is 22.7 Å². The van der Waals surface area contributed by atoms with E-state index in [1.807, 2.05) is 4.90 Å². The first-order valence-electron chi connectivity index (χ1n) is 7.78. The molecule has 1 aromatic heterocycles. The number of alkyl halides is 3. The highest BCUT2D eigenvalue weighted by Gasteiger charge is 2.34. The minimum Gasteiger partial charge on any atom is -0.378 e. The molecule has 1 aliphatic rings. The maximum absolute atomic E-state index is 13.1. The average molecular weight is 439 g/mol. The maximum Gasteiger partial charge on any atom is 0.418 e. The second kappa shape index (κ2) is 8.63. The normalized spacial score (nSPS) is 15.0. The van der Waals surface area contributed by atoms with Gasteiger partial charge in [0, 0.05) is 18.1 Å². The Morgan fingerprint density at radius 3 is 2.78 bits per heavy atom. The summed E-state index contributed by atoms with van der Waals surface area (Å²) in [4.78, 5) is 14.1. The van der Waals surface area contributed by atoms with Gasteiger partial charge in [-0.05, 0) is 18.2 Å². The lowest BCUT2D eigenvalue weighted by Gasteiger charge is -2.25. The standard InChI is InChI=1S/C15H14ClF3N4O2S2/c16-9-1-2-11(10(7-9)15(17,18)19)20-12(24)8-26-14-22-21-13(27-14)23-3-5-25-6-4-23/h1-2,7H,3-6,8H2,(H,20,24). The number of carbonyl (C=O) groups is 1. The van der Waals surface area contributed by atoms with E-state index >= 15 is 0 Å². The van der Waals surface area contributed by atoms with Crippen molar-refractivity contribution in [2.45, 2.75) is 10.5 Å². The third-order valence-corrected chi connectivity index (χ3v) is 5.92. The number of anilines is 2. The summed E-state index contributed by atoms with van der Waals surface area (Å²) >= 11 is 8.07. The number of morpholine rings is 1. The minimum absolute atomic E-state index is 0.0563. The number of thioether (sulfide) groups is 1. The van der Waals surface area contributed by atoms with Crippen molar-refractivity contribution in [3.63, 3.8) is 0 Å². The Bertz CT molecular complexity index is 813. The summed E-state index contributed by atoms with van der Waals surface area (Å²) in [6.45, 7) is 2.67. The molecule has 0 aliphatic carbocycles. The largest absolute Gasteiger partial charge is 0.418 e. The molecule has 1 fully saturated rings. The van der Waals surface area contributed by atoms with Gasteiger partial charge in [0.05, 0.1) is 30.2 Å². The monoisotopic (exact) mass is 438 g/mol. The zero-order valence-corrected chi connectivity index (χ0v) is 16.1. The van der Waals surface area contributed by atoms with Gasteiger partial charge in [0.25, 0.3) is 0 Å². The van der Waals surface area contributed by atoms with Gasteiger partial charge in [0.1, 0.15) is 0 Å². The fourth-order valence-corrected chi connectivity index (χ4v) is 4.18. The molecule has 3 rings (SSSR count). The smallest absolute Gasteiger partial charge is 0.378 e. The number of aromatic nitrogens is 2. The number of hydrogen-bond donors (Lipinski definition) is 1. The third kappa shape index (κ3) is 5.47. The molecule has 1 N–H and O–H groups in total. The fourth-order valence-electron chi connectivity index (χ4n) is 2.32. The Labute approximate surface area is 166 Å². The van der Waals surface area contributed by atoms with Gasteiger partial charge in [-0.25, -0.2) is 0 Å². The zero-order chi connectivity index (χ0) is 19.4. The lowest BCUT2D eigenvalue weighted by atomic mass is 10.1. The molecular formula is C15H14ClF3N4O2S2. The summed E-state index contributed by atoms with van der Waals surface area (Å²) in [6.07, 6.45) is -4.62. The van der Waals surface area contributed by atoms with E-state index in [1.54, 1.807) is 0 Å². The molecular weight excluding hydrogens is 425 g/mol. The first-order chi connectivity index (χ1) is 12.8. The van der Waals surface area contributed by atoms with Gasteiger partial charge < -0.3 is 15.0 Å². The van der Waals surface area contributed by atoms with Crippen LogP contribution >= 0.6 is 34.7 Å². The van der Waals surface area contributed by atoms with Crippen LogP contribution in [-0.2, 0) is 15.7 Å². The van der Waals surface area contributed by atoms with Crippen LogP contribution < -0.4 is 10.2 Å². The Morgan fingerprint density at radius 2 is 2.07 bits per heavy atom. The topological polar surface area (TPSA) is 67.4 Å². The number of nitrogens with one attached hydrogen (secondary N) is 1. The van der Waals surface area contributed by atoms with Gasteiger partial charge in [0.2, 0.25) is 11.0 Å². The van der Waals surface area contributed by atoms with Crippen molar-refractivity contribution in [2.24, 2.45) is 0 Å². The second-order valence-corrected chi connectivity index (χ2v) is 8.09. The molecule has 0 bridgehead atoms. The molecule has 6 nitrogen and oxygen atoms in total. The maximum atomic E-state index is 13.1. The predicted molar refractivity (Wildman–Crippen MR) is 98.7 cm³/mol. The van der Waals surface area contributed by atoms with Gasteiger partial charge in [-0.3, -0.25) is 4.79 Å². The van der Waals surface area contributed by atoms with Crippen LogP contribution in [0.1, 0.15) is 5.56 Å². The molecule has 1 amide bonds. The number of benzene rings is 1. The Kier molecular flexibility index (Phi) is 6.45. The van der Waals surface area contributed by atoms with Crippen LogP contribution in [0.3, 0.4) is 0 Å². The van der Waals surface area contributed by atoms with Crippen molar-refractivity contribution in [3.8, 4) is 0 Å². The number of ether oxygens (including phenoxy) is 1. The molecule has 1 aromatic carbocycles. The molecule has 0 unspecified atom stereocenters. The van der Waals surface area contributed by atoms with Gasteiger partial charge >= 0.3 is 6.18 Å². The van der Waals surface area contributed by atoms with E-state index in [2.05, 4.69) is 15.5 Å². The number of carbonyl (C=O) groups excluding carboxylic acids is 1. The van der Waals surface area contributed by atoms with Gasteiger partial charge in [-0.15, -0.1) is 10.2 Å². The van der Waals surface area contributed by atoms with E-state index < -0.39 is 17.6 Å². The minimum atomic E-state index is -4.62. The van der Waals surface area contributed by atoms with E-state index in [0.717, 1.165) is 42.1 Å². The van der Waals surface area contributed by atoms with Gasteiger partial charge in [0.15, 0.2) is 4.34 Å². The summed E-state index contributed by atoms with van der Waals surface area (Å²) < 4.78 is 45.0. The highest BCUT2D eigenvalue weighted by molar-refractivity contribution is 8.01. The van der Waals surface area contributed by atoms with Crippen molar-refractivity contribution in [1.29, 1.82) is 0 Å². The Morgan fingerprint density at radius 1 is 1.33 bits per heavy atom. The van der Waals surface area contributed by atoms with Crippen LogP contribution in [0.15, 0.2) is 22.5 Å². The third-order valence-electron chi connectivity index (χ3n) is 3.57. The predicted octanol–water partition coefficient (Wildman–Crippen LogP) is 3.78. The number of rotatable bonds is 5. The lowest BCUT2D eigenvalue weighted by molar-refractivity contribution is -0.137. The van der Waals surface area contributed by atoms with Crippen molar-refractivity contribution in [1.82, 2.24) is 10.2 Å². The SMILES string of the molecule is O=C(CSc1nnc(N2CCOCC2)s1)Nc1ccc(Cl)cc1C(F)(F)F. The molecule has 12 heteroatoms. The number of halogens is 4. The summed E-state index contributed by atoms with van der Waals surface area (Å²) in [5.74, 6) is -0.659. The van der Waals surface area contributed by atoms with E-state index in [4.69, 9.17) is 16.3 Å². The Hall–Kier alpha value is -1.56. The Balaban J connectivity index is 1.58. The highest BCUT2D eigenvalue weighted by Crippen LogP contribution is 2.36. The first kappa shape index (κ1) is 20.2. The second-order valence-electron chi connectivity index (χ2n) is 5.47. The number of nitrogens with zero attached hydrogens (tertiary/aromatic N) is 3. The van der Waals surface area contributed by atoms with E-state index in [0.29, 0.717) is 17.6 Å². The highest BCUT2D eigenvalue weighted by atomic mass is 35.5. The van der Waals surface area contributed by atoms with Crippen LogP contribution in [0.5, 0.6) is 0 Å². The molecule has 27 heavy (non-hydrogen) atoms. The van der Waals surface area contributed by atoms with Crippen molar-refractivity contribution in [3.05, 3.63) is 28.8 Å². The molecule has 146 valence electrons. The molecule has 1 aliphatic heterocycles. The molecule has 0 saturated carbocycles. The zero-order valence-electron chi connectivity index (χ0n) is 13.8. The molecule has 0 spiro atoms. The summed E-state index contributed by atoms with van der Waals surface area (Å²) in [6, 6.07) is 3.21. The summed E-state index contributed by atoms with van der Waals surface area (Å²) in [5.41, 5.74) is -1.32. The van der Waals surface area contributed by atoms with Crippen LogP contribution in [0.4, 0.5) is 24.0 Å². The molecule has 2 aromatic rings. The van der Waals surface area contributed by atoms with Gasteiger partial charge in [-0.2, -0.15) is 13.2 Å². The molecule has 1 saturated heterocycles.